The Morgan fingerprint density at radius 3 is 2.64 bits per heavy atom. The number of allylic oxidation sites excluding steroid dienone is 2. The Morgan fingerprint density at radius 1 is 1.36 bits per heavy atom. The van der Waals surface area contributed by atoms with Gasteiger partial charge in [-0.25, -0.2) is 0 Å². The van der Waals surface area contributed by atoms with Gasteiger partial charge < -0.3 is 4.74 Å². The normalized spacial score (nSPS) is 32.6. The molecule has 78 valence electrons. The molecule has 1 fully saturated rings. The topological polar surface area (TPSA) is 26.3 Å². The molecule has 2 aliphatic rings. The van der Waals surface area contributed by atoms with Gasteiger partial charge in [-0.1, -0.05) is 12.2 Å². The van der Waals surface area contributed by atoms with Gasteiger partial charge >= 0.3 is 0 Å². The van der Waals surface area contributed by atoms with Crippen molar-refractivity contribution < 1.29 is 9.53 Å². The summed E-state index contributed by atoms with van der Waals surface area (Å²) in [6, 6.07) is 0. The van der Waals surface area contributed by atoms with Crippen molar-refractivity contribution >= 4 is 5.78 Å². The quantitative estimate of drug-likeness (QED) is 0.645. The average molecular weight is 194 g/mol. The van der Waals surface area contributed by atoms with Gasteiger partial charge in [0.05, 0.1) is 6.10 Å². The lowest BCUT2D eigenvalue weighted by molar-refractivity contribution is -0.130. The van der Waals surface area contributed by atoms with Crippen LogP contribution in [-0.2, 0) is 9.53 Å². The van der Waals surface area contributed by atoms with Crippen LogP contribution in [0.3, 0.4) is 0 Å². The second kappa shape index (κ2) is 4.26. The summed E-state index contributed by atoms with van der Waals surface area (Å²) >= 11 is 0. The molecule has 0 spiro atoms. The Bertz CT molecular complexity index is 237. The molecule has 14 heavy (non-hydrogen) atoms. The molecule has 0 amide bonds. The molecule has 1 heterocycles. The van der Waals surface area contributed by atoms with Crippen molar-refractivity contribution in [2.75, 3.05) is 0 Å². The van der Waals surface area contributed by atoms with Crippen molar-refractivity contribution in [2.24, 2.45) is 5.92 Å². The first-order valence-corrected chi connectivity index (χ1v) is 5.59. The lowest BCUT2D eigenvalue weighted by atomic mass is 9.97. The number of Topliss-reactive ketones (excluding diaryl/α,β-unsaturated/α-hetero) is 1. The van der Waals surface area contributed by atoms with Gasteiger partial charge in [-0.05, 0) is 38.5 Å². The van der Waals surface area contributed by atoms with Crippen molar-refractivity contribution in [3.63, 3.8) is 0 Å². The number of ketones is 1. The Balaban J connectivity index is 1.78. The number of ether oxygens (including phenoxy) is 1. The molecule has 1 aliphatic heterocycles. The monoisotopic (exact) mass is 194 g/mol. The molecule has 1 aliphatic carbocycles. The van der Waals surface area contributed by atoms with Gasteiger partial charge in [-0.3, -0.25) is 4.79 Å². The highest BCUT2D eigenvalue weighted by Crippen LogP contribution is 2.26. The van der Waals surface area contributed by atoms with Crippen LogP contribution in [-0.4, -0.2) is 18.0 Å². The average Bonchev–Trinajstić information content (AvgIpc) is 2.75. The standard InChI is InChI=1S/C12H18O2/c1-9-6-7-12(14-9)11(13)8-10-4-2-3-5-10/h2-3,9-10,12H,4-8H2,1H3. The summed E-state index contributed by atoms with van der Waals surface area (Å²) in [6.45, 7) is 2.05. The highest BCUT2D eigenvalue weighted by Gasteiger charge is 2.29. The third-order valence-corrected chi connectivity index (χ3v) is 3.19. The molecule has 2 unspecified atom stereocenters. The number of hydrogen-bond acceptors (Lipinski definition) is 2. The largest absolute Gasteiger partial charge is 0.368 e. The van der Waals surface area contributed by atoms with Crippen LogP contribution in [0, 0.1) is 5.92 Å². The molecule has 2 heteroatoms. The molecule has 1 saturated heterocycles. The summed E-state index contributed by atoms with van der Waals surface area (Å²) in [5.74, 6) is 0.880. The van der Waals surface area contributed by atoms with Crippen LogP contribution in [0.2, 0.25) is 0 Å². The van der Waals surface area contributed by atoms with Crippen LogP contribution in [0.5, 0.6) is 0 Å². The maximum Gasteiger partial charge on any atom is 0.161 e. The molecule has 0 N–H and O–H groups in total. The molecule has 0 aromatic rings. The van der Waals surface area contributed by atoms with E-state index in [1.165, 1.54) is 0 Å². The minimum Gasteiger partial charge on any atom is -0.368 e. The smallest absolute Gasteiger partial charge is 0.161 e. The molecule has 0 saturated carbocycles. The van der Waals surface area contributed by atoms with E-state index < -0.39 is 0 Å². The zero-order valence-corrected chi connectivity index (χ0v) is 8.74. The van der Waals surface area contributed by atoms with E-state index in [-0.39, 0.29) is 12.2 Å². The Kier molecular flexibility index (Phi) is 3.02. The van der Waals surface area contributed by atoms with Crippen LogP contribution >= 0.6 is 0 Å². The number of hydrogen-bond donors (Lipinski definition) is 0. The zero-order valence-electron chi connectivity index (χ0n) is 8.74. The summed E-state index contributed by atoms with van der Waals surface area (Å²) in [6.07, 6.45) is 9.38. The van der Waals surface area contributed by atoms with Gasteiger partial charge in [0.1, 0.15) is 6.10 Å². The Labute approximate surface area is 85.3 Å². The van der Waals surface area contributed by atoms with Gasteiger partial charge in [-0.15, -0.1) is 0 Å². The van der Waals surface area contributed by atoms with Crippen LogP contribution in [0.25, 0.3) is 0 Å². The third kappa shape index (κ3) is 2.24. The summed E-state index contributed by atoms with van der Waals surface area (Å²) < 4.78 is 5.56. The Hall–Kier alpha value is -0.630. The summed E-state index contributed by atoms with van der Waals surface area (Å²) in [5, 5.41) is 0. The van der Waals surface area contributed by atoms with Crippen LogP contribution < -0.4 is 0 Å². The molecule has 0 aromatic heterocycles. The number of rotatable bonds is 3. The lowest BCUT2D eigenvalue weighted by Gasteiger charge is -2.13. The first-order chi connectivity index (χ1) is 6.75. The molecule has 0 bridgehead atoms. The second-order valence-electron chi connectivity index (χ2n) is 4.49. The predicted octanol–water partition coefficient (Wildman–Crippen LogP) is 2.48. The van der Waals surface area contributed by atoms with Crippen molar-refractivity contribution in [1.82, 2.24) is 0 Å². The molecule has 2 nitrogen and oxygen atoms in total. The van der Waals surface area contributed by atoms with E-state index in [4.69, 9.17) is 4.74 Å². The van der Waals surface area contributed by atoms with Crippen molar-refractivity contribution in [2.45, 2.75) is 51.2 Å². The third-order valence-electron chi connectivity index (χ3n) is 3.19. The van der Waals surface area contributed by atoms with E-state index in [1.54, 1.807) is 0 Å². The zero-order chi connectivity index (χ0) is 9.97. The van der Waals surface area contributed by atoms with Gasteiger partial charge in [-0.2, -0.15) is 0 Å². The van der Waals surface area contributed by atoms with Crippen LogP contribution in [0.1, 0.15) is 39.0 Å². The summed E-state index contributed by atoms with van der Waals surface area (Å²) in [4.78, 5) is 11.8. The summed E-state index contributed by atoms with van der Waals surface area (Å²) in [5.41, 5.74) is 0. The van der Waals surface area contributed by atoms with Crippen molar-refractivity contribution in [3.8, 4) is 0 Å². The minimum absolute atomic E-state index is 0.0920. The minimum atomic E-state index is -0.0920. The molecule has 0 radical (unpaired) electrons. The predicted molar refractivity (Wildman–Crippen MR) is 55.1 cm³/mol. The fourth-order valence-electron chi connectivity index (χ4n) is 2.30. The highest BCUT2D eigenvalue weighted by molar-refractivity contribution is 5.83. The Morgan fingerprint density at radius 2 is 2.07 bits per heavy atom. The second-order valence-corrected chi connectivity index (χ2v) is 4.49. The van der Waals surface area contributed by atoms with Gasteiger partial charge in [0.15, 0.2) is 5.78 Å². The highest BCUT2D eigenvalue weighted by atomic mass is 16.5. The maximum atomic E-state index is 11.8. The first-order valence-electron chi connectivity index (χ1n) is 5.59. The van der Waals surface area contributed by atoms with Crippen LogP contribution in [0.4, 0.5) is 0 Å². The fraction of sp³-hybridized carbons (Fsp3) is 0.750. The van der Waals surface area contributed by atoms with E-state index in [2.05, 4.69) is 12.2 Å². The summed E-state index contributed by atoms with van der Waals surface area (Å²) in [7, 11) is 0. The van der Waals surface area contributed by atoms with Crippen molar-refractivity contribution in [1.29, 1.82) is 0 Å². The van der Waals surface area contributed by atoms with Gasteiger partial charge in [0.25, 0.3) is 0 Å². The fourth-order valence-corrected chi connectivity index (χ4v) is 2.30. The van der Waals surface area contributed by atoms with E-state index in [0.717, 1.165) is 25.7 Å². The number of carbonyl (C=O) groups excluding carboxylic acids is 1. The molecule has 2 atom stereocenters. The van der Waals surface area contributed by atoms with Gasteiger partial charge in [0.2, 0.25) is 0 Å². The van der Waals surface area contributed by atoms with E-state index in [0.29, 0.717) is 18.1 Å². The molecule has 2 rings (SSSR count). The van der Waals surface area contributed by atoms with Gasteiger partial charge in [0, 0.05) is 6.42 Å². The van der Waals surface area contributed by atoms with E-state index in [1.807, 2.05) is 6.92 Å². The number of carbonyl (C=O) groups is 1. The lowest BCUT2D eigenvalue weighted by Crippen LogP contribution is -2.22. The van der Waals surface area contributed by atoms with E-state index in [9.17, 15) is 4.79 Å². The SMILES string of the molecule is CC1CCC(C(=O)CC2CC=CC2)O1. The van der Waals surface area contributed by atoms with E-state index >= 15 is 0 Å². The molecular weight excluding hydrogens is 176 g/mol. The maximum absolute atomic E-state index is 11.8. The van der Waals surface area contributed by atoms with Crippen LogP contribution in [0.15, 0.2) is 12.2 Å². The van der Waals surface area contributed by atoms with Crippen molar-refractivity contribution in [3.05, 3.63) is 12.2 Å². The molecular formula is C12H18O2. The molecule has 0 aromatic carbocycles. The first kappa shape index (κ1) is 9.91.